The lowest BCUT2D eigenvalue weighted by Gasteiger charge is -2.01. The van der Waals surface area contributed by atoms with Gasteiger partial charge in [-0.15, -0.1) is 0 Å². The number of fused-ring (bicyclic) bond motifs is 1. The number of hydrogen-bond acceptors (Lipinski definition) is 3. The molecule has 0 bridgehead atoms. The van der Waals surface area contributed by atoms with Gasteiger partial charge in [-0.25, -0.2) is 14.2 Å². The van der Waals surface area contributed by atoms with E-state index in [1.165, 1.54) is 19.2 Å². The van der Waals surface area contributed by atoms with Crippen LogP contribution in [-0.2, 0) is 4.74 Å². The SMILES string of the molecule is COC(=O)c1ccc2cccc(F)c2n1. The van der Waals surface area contributed by atoms with Gasteiger partial charge in [0.15, 0.2) is 0 Å². The summed E-state index contributed by atoms with van der Waals surface area (Å²) in [4.78, 5) is 15.1. The first-order valence-corrected chi connectivity index (χ1v) is 4.36. The van der Waals surface area contributed by atoms with E-state index in [-0.39, 0.29) is 11.2 Å². The molecule has 2 rings (SSSR count). The van der Waals surface area contributed by atoms with Gasteiger partial charge in [0.2, 0.25) is 0 Å². The van der Waals surface area contributed by atoms with E-state index in [2.05, 4.69) is 9.72 Å². The monoisotopic (exact) mass is 205 g/mol. The van der Waals surface area contributed by atoms with E-state index in [1.54, 1.807) is 18.2 Å². The van der Waals surface area contributed by atoms with Gasteiger partial charge in [-0.3, -0.25) is 0 Å². The summed E-state index contributed by atoms with van der Waals surface area (Å²) >= 11 is 0. The standard InChI is InChI=1S/C11H8FNO2/c1-15-11(14)9-6-5-7-3-2-4-8(12)10(7)13-9/h2-6H,1H3. The van der Waals surface area contributed by atoms with Gasteiger partial charge in [0, 0.05) is 5.39 Å². The summed E-state index contributed by atoms with van der Waals surface area (Å²) in [6.45, 7) is 0. The molecule has 0 aliphatic heterocycles. The quantitative estimate of drug-likeness (QED) is 0.669. The maximum atomic E-state index is 13.3. The number of carbonyl (C=O) groups is 1. The lowest BCUT2D eigenvalue weighted by atomic mass is 10.2. The van der Waals surface area contributed by atoms with Crippen molar-refractivity contribution in [3.05, 3.63) is 41.8 Å². The van der Waals surface area contributed by atoms with Crippen LogP contribution in [0.2, 0.25) is 0 Å². The zero-order valence-corrected chi connectivity index (χ0v) is 8.03. The molecule has 0 N–H and O–H groups in total. The summed E-state index contributed by atoms with van der Waals surface area (Å²) < 4.78 is 17.8. The molecule has 0 spiro atoms. The molecule has 0 aliphatic rings. The van der Waals surface area contributed by atoms with Gasteiger partial charge in [0.25, 0.3) is 0 Å². The molecule has 0 fully saturated rings. The van der Waals surface area contributed by atoms with Crippen LogP contribution in [0.5, 0.6) is 0 Å². The van der Waals surface area contributed by atoms with E-state index >= 15 is 0 Å². The second kappa shape index (κ2) is 3.65. The lowest BCUT2D eigenvalue weighted by molar-refractivity contribution is 0.0594. The average molecular weight is 205 g/mol. The Labute approximate surface area is 85.5 Å². The van der Waals surface area contributed by atoms with Crippen LogP contribution in [0.1, 0.15) is 10.5 Å². The van der Waals surface area contributed by atoms with E-state index in [1.807, 2.05) is 0 Å². The smallest absolute Gasteiger partial charge is 0.356 e. The van der Waals surface area contributed by atoms with Crippen LogP contribution in [0.3, 0.4) is 0 Å². The Morgan fingerprint density at radius 3 is 2.87 bits per heavy atom. The molecule has 0 amide bonds. The number of nitrogens with zero attached hydrogens (tertiary/aromatic N) is 1. The van der Waals surface area contributed by atoms with Crippen molar-refractivity contribution >= 4 is 16.9 Å². The van der Waals surface area contributed by atoms with E-state index < -0.39 is 11.8 Å². The van der Waals surface area contributed by atoms with Crippen molar-refractivity contribution < 1.29 is 13.9 Å². The summed E-state index contributed by atoms with van der Waals surface area (Å²) in [5.41, 5.74) is 0.288. The molecule has 0 saturated carbocycles. The number of benzene rings is 1. The van der Waals surface area contributed by atoms with Crippen molar-refractivity contribution in [1.82, 2.24) is 4.98 Å². The predicted molar refractivity (Wildman–Crippen MR) is 53.0 cm³/mol. The van der Waals surface area contributed by atoms with E-state index in [0.29, 0.717) is 5.39 Å². The fraction of sp³-hybridized carbons (Fsp3) is 0.0909. The molecule has 0 atom stereocenters. The van der Waals surface area contributed by atoms with Crippen molar-refractivity contribution in [3.63, 3.8) is 0 Å². The van der Waals surface area contributed by atoms with Crippen LogP contribution in [0.4, 0.5) is 4.39 Å². The first kappa shape index (κ1) is 9.58. The van der Waals surface area contributed by atoms with Gasteiger partial charge in [0.1, 0.15) is 17.0 Å². The largest absolute Gasteiger partial charge is 0.464 e. The number of aromatic nitrogens is 1. The highest BCUT2D eigenvalue weighted by Gasteiger charge is 2.09. The van der Waals surface area contributed by atoms with E-state index in [0.717, 1.165) is 0 Å². The van der Waals surface area contributed by atoms with Crippen molar-refractivity contribution in [2.45, 2.75) is 0 Å². The molecule has 15 heavy (non-hydrogen) atoms. The van der Waals surface area contributed by atoms with Gasteiger partial charge in [-0.05, 0) is 12.1 Å². The molecule has 3 nitrogen and oxygen atoms in total. The Morgan fingerprint density at radius 1 is 1.33 bits per heavy atom. The third kappa shape index (κ3) is 1.66. The number of rotatable bonds is 1. The number of carbonyl (C=O) groups excluding carboxylic acids is 1. The van der Waals surface area contributed by atoms with Gasteiger partial charge in [0.05, 0.1) is 7.11 Å². The van der Waals surface area contributed by atoms with E-state index in [9.17, 15) is 9.18 Å². The molecular formula is C11H8FNO2. The number of ether oxygens (including phenoxy) is 1. The minimum atomic E-state index is -0.569. The summed E-state index contributed by atoms with van der Waals surface area (Å²) in [5, 5.41) is 0.655. The van der Waals surface area contributed by atoms with Gasteiger partial charge >= 0.3 is 5.97 Å². The van der Waals surface area contributed by atoms with Crippen LogP contribution in [0, 0.1) is 5.82 Å². The molecule has 4 heteroatoms. The molecule has 0 unspecified atom stereocenters. The third-order valence-corrected chi connectivity index (χ3v) is 2.07. The second-order valence-corrected chi connectivity index (χ2v) is 3.00. The molecule has 2 aromatic rings. The predicted octanol–water partition coefficient (Wildman–Crippen LogP) is 2.16. The molecule has 1 heterocycles. The number of para-hydroxylation sites is 1. The maximum absolute atomic E-state index is 13.3. The maximum Gasteiger partial charge on any atom is 0.356 e. The average Bonchev–Trinajstić information content (AvgIpc) is 2.28. The van der Waals surface area contributed by atoms with Crippen LogP contribution in [0.25, 0.3) is 10.9 Å². The van der Waals surface area contributed by atoms with Gasteiger partial charge < -0.3 is 4.74 Å². The number of halogens is 1. The van der Waals surface area contributed by atoms with Crippen molar-refractivity contribution in [2.24, 2.45) is 0 Å². The Balaban J connectivity index is 2.64. The van der Waals surface area contributed by atoms with Crippen molar-refractivity contribution in [3.8, 4) is 0 Å². The Hall–Kier alpha value is -1.97. The number of methoxy groups -OCH3 is 1. The highest BCUT2D eigenvalue weighted by molar-refractivity contribution is 5.91. The zero-order valence-electron chi connectivity index (χ0n) is 8.03. The minimum Gasteiger partial charge on any atom is -0.464 e. The summed E-state index contributed by atoms with van der Waals surface area (Å²) in [6, 6.07) is 7.77. The van der Waals surface area contributed by atoms with Crippen LogP contribution in [0.15, 0.2) is 30.3 Å². The van der Waals surface area contributed by atoms with Crippen molar-refractivity contribution in [1.29, 1.82) is 0 Å². The second-order valence-electron chi connectivity index (χ2n) is 3.00. The fourth-order valence-electron chi connectivity index (χ4n) is 1.33. The molecule has 1 aromatic heterocycles. The number of pyridine rings is 1. The van der Waals surface area contributed by atoms with Crippen LogP contribution >= 0.6 is 0 Å². The van der Waals surface area contributed by atoms with Crippen LogP contribution < -0.4 is 0 Å². The summed E-state index contributed by atoms with van der Waals surface area (Å²) in [5.74, 6) is -1.02. The Bertz CT molecular complexity index is 525. The van der Waals surface area contributed by atoms with Gasteiger partial charge in [-0.2, -0.15) is 0 Å². The molecule has 0 saturated heterocycles. The Kier molecular flexibility index (Phi) is 2.33. The number of hydrogen-bond donors (Lipinski definition) is 0. The highest BCUT2D eigenvalue weighted by atomic mass is 19.1. The summed E-state index contributed by atoms with van der Waals surface area (Å²) in [7, 11) is 1.26. The first-order valence-electron chi connectivity index (χ1n) is 4.36. The summed E-state index contributed by atoms with van der Waals surface area (Å²) in [6.07, 6.45) is 0. The topological polar surface area (TPSA) is 39.2 Å². The third-order valence-electron chi connectivity index (χ3n) is 2.07. The minimum absolute atomic E-state index is 0.107. The fourth-order valence-corrected chi connectivity index (χ4v) is 1.33. The Morgan fingerprint density at radius 2 is 2.13 bits per heavy atom. The first-order chi connectivity index (χ1) is 7.22. The highest BCUT2D eigenvalue weighted by Crippen LogP contribution is 2.16. The molecule has 76 valence electrons. The van der Waals surface area contributed by atoms with Crippen LogP contribution in [-0.4, -0.2) is 18.1 Å². The zero-order chi connectivity index (χ0) is 10.8. The lowest BCUT2D eigenvalue weighted by Crippen LogP contribution is -2.04. The van der Waals surface area contributed by atoms with Crippen molar-refractivity contribution in [2.75, 3.05) is 7.11 Å². The van der Waals surface area contributed by atoms with Gasteiger partial charge in [-0.1, -0.05) is 18.2 Å². The molecule has 0 radical (unpaired) electrons. The molecule has 1 aromatic carbocycles. The molecule has 0 aliphatic carbocycles. The normalized spacial score (nSPS) is 10.3. The number of esters is 1. The van der Waals surface area contributed by atoms with E-state index in [4.69, 9.17) is 0 Å². The molecular weight excluding hydrogens is 197 g/mol.